The zero-order valence-electron chi connectivity index (χ0n) is 11.1. The van der Waals surface area contributed by atoms with Gasteiger partial charge in [-0.25, -0.2) is 4.98 Å². The molecule has 2 heterocycles. The third-order valence-electron chi connectivity index (χ3n) is 3.99. The number of fused-ring (bicyclic) bond motifs is 1. The van der Waals surface area contributed by atoms with Crippen LogP contribution in [-0.2, 0) is 5.88 Å². The van der Waals surface area contributed by atoms with Crippen molar-refractivity contribution in [3.8, 4) is 0 Å². The molecule has 2 unspecified atom stereocenters. The first kappa shape index (κ1) is 13.3. The van der Waals surface area contributed by atoms with Gasteiger partial charge >= 0.3 is 0 Å². The summed E-state index contributed by atoms with van der Waals surface area (Å²) in [4.78, 5) is 8.80. The van der Waals surface area contributed by atoms with E-state index in [0.717, 1.165) is 11.3 Å². The molecule has 1 saturated carbocycles. The first-order valence-corrected chi connectivity index (χ1v) is 8.57. The molecule has 2 atom stereocenters. The van der Waals surface area contributed by atoms with Gasteiger partial charge in [0.05, 0.1) is 17.6 Å². The van der Waals surface area contributed by atoms with E-state index in [4.69, 9.17) is 11.6 Å². The van der Waals surface area contributed by atoms with Crippen LogP contribution in [-0.4, -0.2) is 26.0 Å². The van der Waals surface area contributed by atoms with E-state index in [1.54, 1.807) is 0 Å². The quantitative estimate of drug-likeness (QED) is 0.801. The Balaban J connectivity index is 2.11. The van der Waals surface area contributed by atoms with Gasteiger partial charge in [-0.3, -0.25) is 4.98 Å². The summed E-state index contributed by atoms with van der Waals surface area (Å²) >= 11 is 8.08. The fourth-order valence-electron chi connectivity index (χ4n) is 3.11. The molecule has 1 fully saturated rings. The first-order valence-electron chi connectivity index (χ1n) is 6.74. The largest absolute Gasteiger partial charge is 0.323 e. The smallest absolute Gasteiger partial charge is 0.125 e. The lowest BCUT2D eigenvalue weighted by molar-refractivity contribution is 0.366. The van der Waals surface area contributed by atoms with Crippen LogP contribution in [0.1, 0.15) is 37.5 Å². The summed E-state index contributed by atoms with van der Waals surface area (Å²) in [5, 5.41) is 0.668. The van der Waals surface area contributed by atoms with Crippen LogP contribution in [0.4, 0.5) is 0 Å². The number of aromatic nitrogens is 3. The van der Waals surface area contributed by atoms with E-state index in [0.29, 0.717) is 17.2 Å². The van der Waals surface area contributed by atoms with E-state index in [1.165, 1.54) is 31.2 Å². The topological polar surface area (TPSA) is 30.7 Å². The van der Waals surface area contributed by atoms with Gasteiger partial charge in [0.1, 0.15) is 11.3 Å². The second kappa shape index (κ2) is 5.71. The number of alkyl halides is 1. The Morgan fingerprint density at radius 2 is 2.26 bits per heavy atom. The van der Waals surface area contributed by atoms with Gasteiger partial charge < -0.3 is 4.57 Å². The fraction of sp³-hybridized carbons (Fsp3) is 0.571. The number of thioether (sulfide) groups is 1. The Labute approximate surface area is 122 Å². The van der Waals surface area contributed by atoms with Gasteiger partial charge in [0, 0.05) is 17.5 Å². The third-order valence-corrected chi connectivity index (χ3v) is 5.38. The normalized spacial score (nSPS) is 23.9. The molecule has 0 aliphatic heterocycles. The van der Waals surface area contributed by atoms with Gasteiger partial charge in [-0.05, 0) is 25.2 Å². The number of halogens is 1. The Morgan fingerprint density at radius 3 is 3.05 bits per heavy atom. The molecule has 19 heavy (non-hydrogen) atoms. The molecule has 0 radical (unpaired) electrons. The van der Waals surface area contributed by atoms with Crippen LogP contribution in [0.3, 0.4) is 0 Å². The number of hydrogen-bond donors (Lipinski definition) is 0. The lowest BCUT2D eigenvalue weighted by Gasteiger charge is -2.32. The van der Waals surface area contributed by atoms with Crippen LogP contribution < -0.4 is 0 Å². The van der Waals surface area contributed by atoms with E-state index in [-0.39, 0.29) is 0 Å². The molecule has 1 aliphatic rings. The molecule has 1 aliphatic carbocycles. The average Bonchev–Trinajstić information content (AvgIpc) is 2.85. The molecular weight excluding hydrogens is 278 g/mol. The van der Waals surface area contributed by atoms with Crippen molar-refractivity contribution in [2.75, 3.05) is 6.26 Å². The predicted molar refractivity (Wildman–Crippen MR) is 81.9 cm³/mol. The van der Waals surface area contributed by atoms with E-state index >= 15 is 0 Å². The minimum absolute atomic E-state index is 0.465. The number of rotatable bonds is 3. The Bertz CT molecular complexity index is 569. The molecule has 0 saturated heterocycles. The molecule has 102 valence electrons. The maximum atomic E-state index is 6.10. The highest BCUT2D eigenvalue weighted by Gasteiger charge is 2.28. The Kier molecular flexibility index (Phi) is 3.99. The van der Waals surface area contributed by atoms with Gasteiger partial charge in [0.25, 0.3) is 0 Å². The van der Waals surface area contributed by atoms with Crippen molar-refractivity contribution >= 4 is 34.4 Å². The minimum atomic E-state index is 0.465. The molecule has 3 rings (SSSR count). The maximum absolute atomic E-state index is 6.10. The van der Waals surface area contributed by atoms with Crippen molar-refractivity contribution in [3.63, 3.8) is 0 Å². The van der Waals surface area contributed by atoms with Gasteiger partial charge in [-0.15, -0.1) is 11.6 Å². The fourth-order valence-corrected chi connectivity index (χ4v) is 4.28. The summed E-state index contributed by atoms with van der Waals surface area (Å²) in [7, 11) is 0. The summed E-state index contributed by atoms with van der Waals surface area (Å²) in [5.74, 6) is 1.45. The van der Waals surface area contributed by atoms with Gasteiger partial charge in [-0.2, -0.15) is 11.8 Å². The van der Waals surface area contributed by atoms with Crippen molar-refractivity contribution in [2.24, 2.45) is 0 Å². The molecule has 5 heteroatoms. The molecular formula is C14H18ClN3S. The molecule has 0 bridgehead atoms. The minimum Gasteiger partial charge on any atom is -0.323 e. The van der Waals surface area contributed by atoms with E-state index in [2.05, 4.69) is 26.9 Å². The van der Waals surface area contributed by atoms with Crippen LogP contribution in [0.5, 0.6) is 0 Å². The molecule has 0 N–H and O–H groups in total. The van der Waals surface area contributed by atoms with E-state index in [9.17, 15) is 0 Å². The van der Waals surface area contributed by atoms with Crippen LogP contribution in [0, 0.1) is 0 Å². The van der Waals surface area contributed by atoms with Crippen LogP contribution >= 0.6 is 23.4 Å². The standard InChI is InChI=1S/C14H18ClN3S/c1-19-13-5-3-2-4-12(13)18-11-6-7-16-9-10(11)17-14(18)8-15/h6-7,9,12-13H,2-5,8H2,1H3. The van der Waals surface area contributed by atoms with Crippen LogP contribution in [0.2, 0.25) is 0 Å². The van der Waals surface area contributed by atoms with Crippen molar-refractivity contribution in [1.29, 1.82) is 0 Å². The lowest BCUT2D eigenvalue weighted by Crippen LogP contribution is -2.26. The van der Waals surface area contributed by atoms with E-state index in [1.807, 2.05) is 24.2 Å². The van der Waals surface area contributed by atoms with Gasteiger partial charge in [0.2, 0.25) is 0 Å². The molecule has 3 nitrogen and oxygen atoms in total. The number of nitrogens with zero attached hydrogens (tertiary/aromatic N) is 3. The SMILES string of the molecule is CSC1CCCCC1n1c(CCl)nc2cnccc21. The zero-order chi connectivity index (χ0) is 13.2. The average molecular weight is 296 g/mol. The maximum Gasteiger partial charge on any atom is 0.125 e. The molecule has 0 aromatic carbocycles. The van der Waals surface area contributed by atoms with Gasteiger partial charge in [-0.1, -0.05) is 12.8 Å². The van der Waals surface area contributed by atoms with E-state index < -0.39 is 0 Å². The first-order chi connectivity index (χ1) is 9.35. The highest BCUT2D eigenvalue weighted by Crippen LogP contribution is 2.38. The summed E-state index contributed by atoms with van der Waals surface area (Å²) < 4.78 is 2.37. The number of hydrogen-bond acceptors (Lipinski definition) is 3. The van der Waals surface area contributed by atoms with Crippen molar-refractivity contribution in [2.45, 2.75) is 42.9 Å². The highest BCUT2D eigenvalue weighted by atomic mass is 35.5. The van der Waals surface area contributed by atoms with Crippen molar-refractivity contribution in [1.82, 2.24) is 14.5 Å². The summed E-state index contributed by atoms with van der Waals surface area (Å²) in [5.41, 5.74) is 2.14. The molecule has 0 amide bonds. The second-order valence-electron chi connectivity index (χ2n) is 5.02. The van der Waals surface area contributed by atoms with Gasteiger partial charge in [0.15, 0.2) is 0 Å². The predicted octanol–water partition coefficient (Wildman–Crippen LogP) is 4.02. The molecule has 2 aromatic rings. The third kappa shape index (κ3) is 2.36. The lowest BCUT2D eigenvalue weighted by atomic mass is 9.94. The highest BCUT2D eigenvalue weighted by molar-refractivity contribution is 7.99. The van der Waals surface area contributed by atoms with Crippen molar-refractivity contribution < 1.29 is 0 Å². The summed E-state index contributed by atoms with van der Waals surface area (Å²) in [6.45, 7) is 0. The molecule has 0 spiro atoms. The van der Waals surface area contributed by atoms with Crippen LogP contribution in [0.25, 0.3) is 11.0 Å². The monoisotopic (exact) mass is 295 g/mol. The second-order valence-corrected chi connectivity index (χ2v) is 6.37. The van der Waals surface area contributed by atoms with Crippen LogP contribution in [0.15, 0.2) is 18.5 Å². The Hall–Kier alpha value is -0.740. The summed E-state index contributed by atoms with van der Waals surface area (Å²) in [6.07, 6.45) is 11.0. The summed E-state index contributed by atoms with van der Waals surface area (Å²) in [6, 6.07) is 2.58. The number of pyridine rings is 1. The van der Waals surface area contributed by atoms with Crippen molar-refractivity contribution in [3.05, 3.63) is 24.3 Å². The molecule has 2 aromatic heterocycles. The number of imidazole rings is 1. The Morgan fingerprint density at radius 1 is 1.42 bits per heavy atom. The zero-order valence-corrected chi connectivity index (χ0v) is 12.6.